The van der Waals surface area contributed by atoms with E-state index in [1.54, 1.807) is 24.3 Å². The number of benzene rings is 2. The SMILES string of the molecule is NC(=O)CCCc1cccc(NC(=O)c2cc3ccccc3[nH]2)c1O. The van der Waals surface area contributed by atoms with Crippen molar-refractivity contribution in [1.82, 2.24) is 4.98 Å². The molecule has 128 valence electrons. The Labute approximate surface area is 144 Å². The number of aromatic hydroxyl groups is 1. The van der Waals surface area contributed by atoms with Crippen LogP contribution in [0.2, 0.25) is 0 Å². The first-order chi connectivity index (χ1) is 12.0. The smallest absolute Gasteiger partial charge is 0.272 e. The fourth-order valence-corrected chi connectivity index (χ4v) is 2.73. The number of phenols is 1. The number of fused-ring (bicyclic) bond motifs is 1. The van der Waals surface area contributed by atoms with Crippen molar-refractivity contribution in [2.24, 2.45) is 5.73 Å². The van der Waals surface area contributed by atoms with Crippen LogP contribution in [-0.4, -0.2) is 21.9 Å². The number of rotatable bonds is 6. The average Bonchev–Trinajstić information content (AvgIpc) is 3.02. The van der Waals surface area contributed by atoms with Crippen molar-refractivity contribution >= 4 is 28.4 Å². The number of H-pyrrole nitrogens is 1. The van der Waals surface area contributed by atoms with E-state index in [0.717, 1.165) is 10.9 Å². The largest absolute Gasteiger partial charge is 0.505 e. The van der Waals surface area contributed by atoms with Gasteiger partial charge in [-0.25, -0.2) is 0 Å². The second-order valence-electron chi connectivity index (χ2n) is 5.86. The van der Waals surface area contributed by atoms with Gasteiger partial charge in [0.1, 0.15) is 11.4 Å². The van der Waals surface area contributed by atoms with Crippen LogP contribution >= 0.6 is 0 Å². The molecule has 3 aromatic rings. The Morgan fingerprint density at radius 1 is 1.12 bits per heavy atom. The first-order valence-corrected chi connectivity index (χ1v) is 8.03. The highest BCUT2D eigenvalue weighted by Crippen LogP contribution is 2.29. The molecule has 2 amide bonds. The molecule has 5 N–H and O–H groups in total. The molecule has 0 spiro atoms. The molecule has 1 heterocycles. The summed E-state index contributed by atoms with van der Waals surface area (Å²) in [5.41, 5.74) is 7.41. The Bertz CT molecular complexity index is 898. The number of primary amides is 1. The van der Waals surface area contributed by atoms with Gasteiger partial charge in [0, 0.05) is 17.3 Å². The summed E-state index contributed by atoms with van der Waals surface area (Å²) in [5.74, 6) is -0.694. The van der Waals surface area contributed by atoms with E-state index in [-0.39, 0.29) is 24.0 Å². The normalized spacial score (nSPS) is 10.7. The number of aromatic nitrogens is 1. The van der Waals surface area contributed by atoms with Gasteiger partial charge in [0.2, 0.25) is 5.91 Å². The molecule has 0 saturated carbocycles. The maximum Gasteiger partial charge on any atom is 0.272 e. The van der Waals surface area contributed by atoms with Crippen molar-refractivity contribution < 1.29 is 14.7 Å². The summed E-state index contributed by atoms with van der Waals surface area (Å²) >= 11 is 0. The Morgan fingerprint density at radius 2 is 1.92 bits per heavy atom. The van der Waals surface area contributed by atoms with Crippen LogP contribution < -0.4 is 11.1 Å². The van der Waals surface area contributed by atoms with Gasteiger partial charge in [0.05, 0.1) is 5.69 Å². The van der Waals surface area contributed by atoms with E-state index in [0.29, 0.717) is 29.8 Å². The predicted molar refractivity (Wildman–Crippen MR) is 96.5 cm³/mol. The standard InChI is InChI=1S/C19H19N3O3/c20-17(23)10-4-7-12-6-3-9-15(18(12)24)22-19(25)16-11-13-5-1-2-8-14(13)21-16/h1-3,5-6,8-9,11,21,24H,4,7,10H2,(H2,20,23)(H,22,25). The van der Waals surface area contributed by atoms with Crippen molar-refractivity contribution in [3.05, 3.63) is 59.8 Å². The molecule has 3 rings (SSSR count). The number of anilines is 1. The molecule has 25 heavy (non-hydrogen) atoms. The van der Waals surface area contributed by atoms with Gasteiger partial charge >= 0.3 is 0 Å². The third-order valence-corrected chi connectivity index (χ3v) is 4.01. The van der Waals surface area contributed by atoms with Gasteiger partial charge in [-0.15, -0.1) is 0 Å². The number of phenolic OH excluding ortho intramolecular Hbond substituents is 1. The Balaban J connectivity index is 1.75. The summed E-state index contributed by atoms with van der Waals surface area (Å²) in [4.78, 5) is 26.3. The zero-order valence-corrected chi connectivity index (χ0v) is 13.6. The molecule has 0 aliphatic carbocycles. The topological polar surface area (TPSA) is 108 Å². The summed E-state index contributed by atoms with van der Waals surface area (Å²) in [6.45, 7) is 0. The average molecular weight is 337 g/mol. The van der Waals surface area contributed by atoms with E-state index in [4.69, 9.17) is 5.73 Å². The second kappa shape index (κ2) is 7.09. The first-order valence-electron chi connectivity index (χ1n) is 8.03. The maximum absolute atomic E-state index is 12.4. The van der Waals surface area contributed by atoms with Crippen LogP contribution in [0.3, 0.4) is 0 Å². The van der Waals surface area contributed by atoms with Gasteiger partial charge in [-0.1, -0.05) is 30.3 Å². The van der Waals surface area contributed by atoms with Crippen molar-refractivity contribution in [3.63, 3.8) is 0 Å². The lowest BCUT2D eigenvalue weighted by Crippen LogP contribution is -2.13. The Morgan fingerprint density at radius 3 is 2.68 bits per heavy atom. The van der Waals surface area contributed by atoms with Gasteiger partial charge in [-0.2, -0.15) is 0 Å². The molecule has 0 unspecified atom stereocenters. The number of aromatic amines is 1. The number of hydrogen-bond acceptors (Lipinski definition) is 3. The molecule has 0 fully saturated rings. The number of aryl methyl sites for hydroxylation is 1. The summed E-state index contributed by atoms with van der Waals surface area (Å²) < 4.78 is 0. The molecule has 6 nitrogen and oxygen atoms in total. The lowest BCUT2D eigenvalue weighted by atomic mass is 10.1. The lowest BCUT2D eigenvalue weighted by Gasteiger charge is -2.10. The highest BCUT2D eigenvalue weighted by molar-refractivity contribution is 6.06. The zero-order chi connectivity index (χ0) is 17.8. The molecular weight excluding hydrogens is 318 g/mol. The van der Waals surface area contributed by atoms with Crippen molar-refractivity contribution in [1.29, 1.82) is 0 Å². The van der Waals surface area contributed by atoms with Crippen LogP contribution in [0.15, 0.2) is 48.5 Å². The van der Waals surface area contributed by atoms with Crippen LogP contribution in [0.25, 0.3) is 10.9 Å². The minimum Gasteiger partial charge on any atom is -0.505 e. The first kappa shape index (κ1) is 16.6. The molecule has 0 aliphatic heterocycles. The number of carbonyl (C=O) groups excluding carboxylic acids is 2. The van der Waals surface area contributed by atoms with Crippen molar-refractivity contribution in [3.8, 4) is 5.75 Å². The van der Waals surface area contributed by atoms with E-state index < -0.39 is 0 Å². The van der Waals surface area contributed by atoms with Gasteiger partial charge in [0.15, 0.2) is 0 Å². The fraction of sp³-hybridized carbons (Fsp3) is 0.158. The van der Waals surface area contributed by atoms with Gasteiger partial charge < -0.3 is 21.1 Å². The number of carbonyl (C=O) groups is 2. The summed E-state index contributed by atoms with van der Waals surface area (Å²) in [7, 11) is 0. The predicted octanol–water partition coefficient (Wildman–Crippen LogP) is 2.93. The zero-order valence-electron chi connectivity index (χ0n) is 13.6. The highest BCUT2D eigenvalue weighted by Gasteiger charge is 2.13. The van der Waals surface area contributed by atoms with E-state index >= 15 is 0 Å². The molecule has 1 aromatic heterocycles. The highest BCUT2D eigenvalue weighted by atomic mass is 16.3. The molecule has 0 saturated heterocycles. The number of para-hydroxylation sites is 2. The van der Waals surface area contributed by atoms with E-state index in [9.17, 15) is 14.7 Å². The quantitative estimate of drug-likeness (QED) is 0.519. The molecule has 0 atom stereocenters. The Hall–Kier alpha value is -3.28. The summed E-state index contributed by atoms with van der Waals surface area (Å²) in [6, 6.07) is 14.5. The molecule has 0 aliphatic rings. The maximum atomic E-state index is 12.4. The number of amides is 2. The summed E-state index contributed by atoms with van der Waals surface area (Å²) in [6.07, 6.45) is 1.30. The van der Waals surface area contributed by atoms with E-state index in [1.165, 1.54) is 0 Å². The molecule has 6 heteroatoms. The van der Waals surface area contributed by atoms with Crippen LogP contribution in [-0.2, 0) is 11.2 Å². The van der Waals surface area contributed by atoms with Gasteiger partial charge in [-0.3, -0.25) is 9.59 Å². The lowest BCUT2D eigenvalue weighted by molar-refractivity contribution is -0.118. The van der Waals surface area contributed by atoms with Crippen molar-refractivity contribution in [2.45, 2.75) is 19.3 Å². The van der Waals surface area contributed by atoms with Crippen molar-refractivity contribution in [2.75, 3.05) is 5.32 Å². The minimum absolute atomic E-state index is 0.0106. The number of nitrogens with one attached hydrogen (secondary N) is 2. The Kier molecular flexibility index (Phi) is 4.70. The van der Waals surface area contributed by atoms with Crippen LogP contribution in [0, 0.1) is 0 Å². The second-order valence-corrected chi connectivity index (χ2v) is 5.86. The molecule has 2 aromatic carbocycles. The third-order valence-electron chi connectivity index (χ3n) is 4.01. The monoisotopic (exact) mass is 337 g/mol. The van der Waals surface area contributed by atoms with Gasteiger partial charge in [-0.05, 0) is 36.6 Å². The van der Waals surface area contributed by atoms with Gasteiger partial charge in [0.25, 0.3) is 5.91 Å². The molecule has 0 bridgehead atoms. The number of nitrogens with two attached hydrogens (primary N) is 1. The van der Waals surface area contributed by atoms with E-state index in [1.807, 2.05) is 24.3 Å². The van der Waals surface area contributed by atoms with Crippen LogP contribution in [0.5, 0.6) is 5.75 Å². The van der Waals surface area contributed by atoms with E-state index in [2.05, 4.69) is 10.3 Å². The van der Waals surface area contributed by atoms with Crippen LogP contribution in [0.1, 0.15) is 28.9 Å². The fourth-order valence-electron chi connectivity index (χ4n) is 2.73. The van der Waals surface area contributed by atoms with Crippen LogP contribution in [0.4, 0.5) is 5.69 Å². The number of hydrogen-bond donors (Lipinski definition) is 4. The minimum atomic E-state index is -0.372. The molecule has 0 radical (unpaired) electrons. The third kappa shape index (κ3) is 3.80. The molecular formula is C19H19N3O3. The summed E-state index contributed by atoms with van der Waals surface area (Å²) in [5, 5.41) is 14.0.